The van der Waals surface area contributed by atoms with E-state index in [1.165, 1.54) is 64.2 Å². The van der Waals surface area contributed by atoms with Crippen LogP contribution in [0.4, 0.5) is 0 Å². The molecule has 5 rings (SSSR count). The van der Waals surface area contributed by atoms with Crippen LogP contribution in [0.3, 0.4) is 0 Å². The lowest BCUT2D eigenvalue weighted by Crippen LogP contribution is -2.59. The molecular weight excluding hydrogens is 396 g/mol. The molecule has 0 aromatic rings. The summed E-state index contributed by atoms with van der Waals surface area (Å²) >= 11 is 0. The molecule has 10 atom stereocenters. The van der Waals surface area contributed by atoms with Crippen molar-refractivity contribution in [1.29, 1.82) is 0 Å². The molecule has 0 bridgehead atoms. The first-order chi connectivity index (χ1) is 15.1. The van der Waals surface area contributed by atoms with Gasteiger partial charge in [-0.1, -0.05) is 53.9 Å². The summed E-state index contributed by atoms with van der Waals surface area (Å²) in [6, 6.07) is 0. The highest BCUT2D eigenvalue weighted by Gasteiger charge is 2.76. The number of carbonyl (C=O) groups excluding carboxylic acids is 1. The average molecular weight is 445 g/mol. The second-order valence-corrected chi connectivity index (χ2v) is 13.5. The van der Waals surface area contributed by atoms with Crippen LogP contribution in [0.15, 0.2) is 0 Å². The predicted molar refractivity (Wildman–Crippen MR) is 128 cm³/mol. The second kappa shape index (κ2) is 7.99. The number of esters is 1. The molecule has 0 N–H and O–H groups in total. The molecule has 5 fully saturated rings. The largest absolute Gasteiger partial charge is 0.460 e. The quantitative estimate of drug-likeness (QED) is 0.322. The Labute approximate surface area is 196 Å². The Morgan fingerprint density at radius 3 is 2.47 bits per heavy atom. The zero-order valence-electron chi connectivity index (χ0n) is 21.6. The normalized spacial score (nSPS) is 50.1. The lowest BCUT2D eigenvalue weighted by atomic mass is 9.44. The van der Waals surface area contributed by atoms with E-state index in [0.29, 0.717) is 5.41 Å². The van der Waals surface area contributed by atoms with Crippen molar-refractivity contribution in [2.24, 2.45) is 46.3 Å². The summed E-state index contributed by atoms with van der Waals surface area (Å²) in [6.07, 6.45) is 14.8. The lowest BCUT2D eigenvalue weighted by Gasteiger charge is -2.60. The van der Waals surface area contributed by atoms with Crippen LogP contribution in [0, 0.1) is 46.3 Å². The molecule has 0 radical (unpaired) electrons. The summed E-state index contributed by atoms with van der Waals surface area (Å²) in [5.74, 6) is 5.08. The number of carbonyl (C=O) groups is 1. The fraction of sp³-hybridized carbons (Fsp3) is 0.966. The Bertz CT molecular complexity index is 732. The van der Waals surface area contributed by atoms with Crippen LogP contribution < -0.4 is 0 Å². The van der Waals surface area contributed by atoms with Gasteiger partial charge in [0.05, 0.1) is 0 Å². The van der Waals surface area contributed by atoms with Crippen molar-refractivity contribution in [3.63, 3.8) is 0 Å². The molecule has 4 aliphatic carbocycles. The van der Waals surface area contributed by atoms with Crippen molar-refractivity contribution < 1.29 is 14.3 Å². The van der Waals surface area contributed by atoms with Crippen molar-refractivity contribution in [3.8, 4) is 0 Å². The van der Waals surface area contributed by atoms with Gasteiger partial charge in [0.25, 0.3) is 0 Å². The zero-order chi connectivity index (χ0) is 22.9. The highest BCUT2D eigenvalue weighted by Crippen LogP contribution is 2.73. The van der Waals surface area contributed by atoms with Crippen LogP contribution in [0.2, 0.25) is 0 Å². The van der Waals surface area contributed by atoms with Crippen LogP contribution in [-0.2, 0) is 14.3 Å². The molecule has 5 aliphatic rings. The van der Waals surface area contributed by atoms with E-state index < -0.39 is 0 Å². The molecule has 1 aliphatic heterocycles. The van der Waals surface area contributed by atoms with Crippen LogP contribution in [0.25, 0.3) is 0 Å². The molecule has 0 unspecified atom stereocenters. The Morgan fingerprint density at radius 1 is 0.969 bits per heavy atom. The lowest BCUT2D eigenvalue weighted by molar-refractivity contribution is -0.152. The number of hydrogen-bond acceptors (Lipinski definition) is 3. The van der Waals surface area contributed by atoms with Crippen molar-refractivity contribution in [2.45, 2.75) is 130 Å². The topological polar surface area (TPSA) is 38.8 Å². The van der Waals surface area contributed by atoms with Crippen molar-refractivity contribution >= 4 is 5.97 Å². The molecule has 0 aromatic carbocycles. The molecule has 1 saturated heterocycles. The molecule has 182 valence electrons. The number of hydrogen-bond donors (Lipinski definition) is 0. The predicted octanol–water partition coefficient (Wildman–Crippen LogP) is 7.17. The maximum Gasteiger partial charge on any atom is 0.302 e. The third-order valence-corrected chi connectivity index (χ3v) is 11.6. The summed E-state index contributed by atoms with van der Waals surface area (Å²) in [5.41, 5.74) is 0.833. The summed E-state index contributed by atoms with van der Waals surface area (Å²) in [4.78, 5) is 11.6. The van der Waals surface area contributed by atoms with Gasteiger partial charge in [0, 0.05) is 12.3 Å². The van der Waals surface area contributed by atoms with E-state index in [1.54, 1.807) is 6.92 Å². The second-order valence-electron chi connectivity index (χ2n) is 13.5. The Balaban J connectivity index is 1.30. The van der Waals surface area contributed by atoms with E-state index in [9.17, 15) is 4.79 Å². The van der Waals surface area contributed by atoms with E-state index in [1.807, 2.05) is 0 Å². The van der Waals surface area contributed by atoms with Gasteiger partial charge in [0.15, 0.2) is 0 Å². The van der Waals surface area contributed by atoms with E-state index in [0.717, 1.165) is 41.9 Å². The number of rotatable bonds is 6. The number of ether oxygens (including phenoxy) is 2. The van der Waals surface area contributed by atoms with Crippen LogP contribution in [0.5, 0.6) is 0 Å². The first-order valence-electron chi connectivity index (χ1n) is 14.0. The minimum Gasteiger partial charge on any atom is -0.460 e. The van der Waals surface area contributed by atoms with Crippen LogP contribution >= 0.6 is 0 Å². The molecular formula is C29H48O3. The Kier molecular flexibility index (Phi) is 5.79. The standard InChI is InChI=1S/C29H48O3/c1-18(2)8-7-9-19(3)22-10-11-23-21-12-17-29-26(32-29)25(31-20(4)30)14-16-28(29,6)24(21)13-15-27(22,23)5/h18-19,21-26H,7-17H2,1-6H3/t19-,21-,22+,23-,24-,25-,26-,27-,28-,29-/m1/s1. The van der Waals surface area contributed by atoms with Crippen molar-refractivity contribution in [2.75, 3.05) is 0 Å². The van der Waals surface area contributed by atoms with E-state index >= 15 is 0 Å². The van der Waals surface area contributed by atoms with Gasteiger partial charge in [-0.2, -0.15) is 0 Å². The molecule has 1 heterocycles. The Hall–Kier alpha value is -0.570. The first-order valence-corrected chi connectivity index (χ1v) is 14.0. The van der Waals surface area contributed by atoms with Crippen molar-refractivity contribution in [1.82, 2.24) is 0 Å². The van der Waals surface area contributed by atoms with Gasteiger partial charge < -0.3 is 9.47 Å². The van der Waals surface area contributed by atoms with Gasteiger partial charge >= 0.3 is 5.97 Å². The van der Waals surface area contributed by atoms with Crippen LogP contribution in [-0.4, -0.2) is 23.8 Å². The maximum absolute atomic E-state index is 11.6. The Morgan fingerprint density at radius 2 is 1.75 bits per heavy atom. The van der Waals surface area contributed by atoms with Crippen molar-refractivity contribution in [3.05, 3.63) is 0 Å². The fourth-order valence-corrected chi connectivity index (χ4v) is 10.0. The monoisotopic (exact) mass is 444 g/mol. The van der Waals surface area contributed by atoms with E-state index in [4.69, 9.17) is 9.47 Å². The third kappa shape index (κ3) is 3.34. The molecule has 3 heteroatoms. The van der Waals surface area contributed by atoms with Gasteiger partial charge in [-0.15, -0.1) is 0 Å². The fourth-order valence-electron chi connectivity index (χ4n) is 10.0. The average Bonchev–Trinajstić information content (AvgIpc) is 3.36. The zero-order valence-corrected chi connectivity index (χ0v) is 21.6. The van der Waals surface area contributed by atoms with Gasteiger partial charge in [-0.25, -0.2) is 0 Å². The van der Waals surface area contributed by atoms with Gasteiger partial charge in [-0.3, -0.25) is 4.79 Å². The minimum atomic E-state index is -0.147. The SMILES string of the molecule is CC(=O)O[C@@H]1CC[C@]2(C)[C@@H]3CC[C@@]4(C)[C@H](CC[C@H]4[C@H](C)CCCC(C)C)[C@H]3CC[C@]23O[C@H]13. The van der Waals surface area contributed by atoms with Gasteiger partial charge in [-0.05, 0) is 92.3 Å². The first kappa shape index (κ1) is 23.2. The molecule has 32 heavy (non-hydrogen) atoms. The van der Waals surface area contributed by atoms with Gasteiger partial charge in [0.1, 0.15) is 17.8 Å². The summed E-state index contributed by atoms with van der Waals surface area (Å²) < 4.78 is 12.2. The summed E-state index contributed by atoms with van der Waals surface area (Å²) in [7, 11) is 0. The molecule has 0 aromatic heterocycles. The molecule has 3 nitrogen and oxygen atoms in total. The summed E-state index contributed by atoms with van der Waals surface area (Å²) in [5, 5.41) is 0. The molecule has 4 saturated carbocycles. The number of epoxide rings is 1. The smallest absolute Gasteiger partial charge is 0.302 e. The van der Waals surface area contributed by atoms with E-state index in [2.05, 4.69) is 34.6 Å². The maximum atomic E-state index is 11.6. The molecule has 0 amide bonds. The minimum absolute atomic E-state index is 0.00240. The number of fused-ring (bicyclic) bond motifs is 4. The molecule has 1 spiro atoms. The van der Waals surface area contributed by atoms with E-state index in [-0.39, 0.29) is 29.2 Å². The highest BCUT2D eigenvalue weighted by molar-refractivity contribution is 5.66. The van der Waals surface area contributed by atoms with Crippen LogP contribution in [0.1, 0.15) is 112 Å². The highest BCUT2D eigenvalue weighted by atomic mass is 16.6. The van der Waals surface area contributed by atoms with Gasteiger partial charge in [0.2, 0.25) is 0 Å². The summed E-state index contributed by atoms with van der Waals surface area (Å²) in [6.45, 7) is 14.1. The third-order valence-electron chi connectivity index (χ3n) is 11.6.